The van der Waals surface area contributed by atoms with E-state index < -0.39 is 92.4 Å². The van der Waals surface area contributed by atoms with Gasteiger partial charge in [0.15, 0.2) is 0 Å². The number of alkyl halides is 12. The van der Waals surface area contributed by atoms with Crippen LogP contribution in [0.2, 0.25) is 0 Å². The van der Waals surface area contributed by atoms with E-state index in [2.05, 4.69) is 0 Å². The van der Waals surface area contributed by atoms with Gasteiger partial charge in [0.05, 0.1) is 0 Å². The summed E-state index contributed by atoms with van der Waals surface area (Å²) in [6, 6.07) is 19.7. The van der Waals surface area contributed by atoms with Crippen LogP contribution in [0.5, 0.6) is 17.2 Å². The number of phenols is 3. The lowest BCUT2D eigenvalue weighted by molar-refractivity contribution is -0.290. The molecule has 0 saturated carbocycles. The normalized spacial score (nSPS) is 16.1. The summed E-state index contributed by atoms with van der Waals surface area (Å²) in [5.41, 5.74) is -14.6. The second-order valence-electron chi connectivity index (χ2n) is 13.4. The largest absolute Gasteiger partial charge is 0.508 e. The molecule has 6 rings (SSSR count). The first-order valence-corrected chi connectivity index (χ1v) is 16.8. The van der Waals surface area contributed by atoms with Crippen LogP contribution in [0.15, 0.2) is 145 Å². The third-order valence-corrected chi connectivity index (χ3v) is 10.2. The Morgan fingerprint density at radius 1 is 0.456 bits per heavy atom. The van der Waals surface area contributed by atoms with Crippen LogP contribution in [0.3, 0.4) is 0 Å². The molecule has 0 aliphatic heterocycles. The maximum Gasteiger partial charge on any atom is 0.411 e. The molecule has 0 aromatic heterocycles. The monoisotopic (exact) mass is 808 g/mol. The van der Waals surface area contributed by atoms with Gasteiger partial charge >= 0.3 is 24.7 Å². The minimum absolute atomic E-state index is 0.00205. The van der Waals surface area contributed by atoms with Crippen LogP contribution >= 0.6 is 0 Å². The van der Waals surface area contributed by atoms with Crippen LogP contribution in [0, 0.1) is 5.92 Å². The quantitative estimate of drug-likeness (QED) is 0.137. The van der Waals surface area contributed by atoms with Crippen molar-refractivity contribution in [3.8, 4) is 28.4 Å². The average molecular weight is 809 g/mol. The molecule has 298 valence electrons. The highest BCUT2D eigenvalue weighted by Gasteiger charge is 2.74. The highest BCUT2D eigenvalue weighted by Crippen LogP contribution is 2.60. The van der Waals surface area contributed by atoms with E-state index in [-0.39, 0.29) is 5.56 Å². The molecule has 5 aromatic carbocycles. The van der Waals surface area contributed by atoms with E-state index in [1.54, 1.807) is 30.3 Å². The molecule has 0 spiro atoms. The van der Waals surface area contributed by atoms with Crippen molar-refractivity contribution >= 4 is 0 Å². The predicted octanol–water partition coefficient (Wildman–Crippen LogP) is 12.2. The number of hydrogen-bond acceptors (Lipinski definition) is 3. The lowest BCUT2D eigenvalue weighted by atomic mass is 9.70. The molecular weight excluding hydrogens is 780 g/mol. The predicted molar refractivity (Wildman–Crippen MR) is 185 cm³/mol. The van der Waals surface area contributed by atoms with E-state index in [0.717, 1.165) is 6.08 Å². The van der Waals surface area contributed by atoms with E-state index in [0.29, 0.717) is 90.0 Å². The van der Waals surface area contributed by atoms with Crippen molar-refractivity contribution in [3.63, 3.8) is 0 Å². The van der Waals surface area contributed by atoms with Gasteiger partial charge in [-0.2, -0.15) is 52.7 Å². The van der Waals surface area contributed by atoms with Gasteiger partial charge < -0.3 is 15.3 Å². The molecule has 57 heavy (non-hydrogen) atoms. The number of phenolic OH excluding ortho intramolecular Hbond substituents is 3. The second-order valence-corrected chi connectivity index (χ2v) is 13.4. The van der Waals surface area contributed by atoms with Crippen molar-refractivity contribution < 1.29 is 68.0 Å². The maximum absolute atomic E-state index is 15.1. The van der Waals surface area contributed by atoms with Crippen LogP contribution in [0.1, 0.15) is 33.7 Å². The molecule has 0 bridgehead atoms. The molecule has 0 heterocycles. The van der Waals surface area contributed by atoms with Gasteiger partial charge in [0.1, 0.15) is 17.2 Å². The number of aromatic hydroxyl groups is 3. The van der Waals surface area contributed by atoms with Gasteiger partial charge in [-0.1, -0.05) is 103 Å². The van der Waals surface area contributed by atoms with Crippen molar-refractivity contribution in [2.75, 3.05) is 0 Å². The Labute approximate surface area is 316 Å². The number of allylic oxidation sites excluding steroid dienone is 4. The van der Waals surface area contributed by atoms with Crippen LogP contribution < -0.4 is 0 Å². The van der Waals surface area contributed by atoms with E-state index in [1.165, 1.54) is 24.3 Å². The molecule has 5 aromatic rings. The molecule has 15 heteroatoms. The zero-order chi connectivity index (χ0) is 41.8. The Kier molecular flexibility index (Phi) is 10.2. The molecule has 1 aliphatic carbocycles. The van der Waals surface area contributed by atoms with Crippen molar-refractivity contribution in [1.29, 1.82) is 0 Å². The Balaban J connectivity index is 1.63. The van der Waals surface area contributed by atoms with Gasteiger partial charge in [-0.05, 0) is 75.4 Å². The second kappa shape index (κ2) is 14.3. The standard InChI is InChI=1S/C42H28F12O3/c43-39(44,45)37(40(46,47)48,28-12-17-32(55)18-13-28)30-11-10-27(22-30)36(26-8-6-25(7-9-26)24-4-2-1-3-5-24)34-23-31(16-21-35(34)57)38(41(49,50)51,42(52,53)54)29-14-19-33(56)20-15-29/h1-23,27,36,55-57H. The highest BCUT2D eigenvalue weighted by atomic mass is 19.4. The van der Waals surface area contributed by atoms with Crippen LogP contribution in [0.25, 0.3) is 11.1 Å². The first-order chi connectivity index (χ1) is 26.5. The highest BCUT2D eigenvalue weighted by molar-refractivity contribution is 5.64. The molecule has 3 nitrogen and oxygen atoms in total. The van der Waals surface area contributed by atoms with Crippen molar-refractivity contribution in [1.82, 2.24) is 0 Å². The summed E-state index contributed by atoms with van der Waals surface area (Å²) in [4.78, 5) is 0. The Morgan fingerprint density at radius 2 is 0.895 bits per heavy atom. The molecule has 1 aliphatic rings. The third kappa shape index (κ3) is 6.86. The van der Waals surface area contributed by atoms with E-state index >= 15 is 52.7 Å². The van der Waals surface area contributed by atoms with Crippen molar-refractivity contribution in [2.45, 2.75) is 41.5 Å². The molecule has 0 saturated heterocycles. The topological polar surface area (TPSA) is 60.7 Å². The van der Waals surface area contributed by atoms with Gasteiger partial charge in [-0.3, -0.25) is 0 Å². The SMILES string of the molecule is Oc1ccc(C(C2=CC(C(c3ccc(-c4ccccc4)cc3)c3cc(C(c4ccc(O)cc4)(C(F)(F)F)C(F)(F)F)ccc3O)C=C2)(C(F)(F)F)C(F)(F)F)cc1. The summed E-state index contributed by atoms with van der Waals surface area (Å²) in [5.74, 6) is -5.52. The Bertz CT molecular complexity index is 2240. The zero-order valence-electron chi connectivity index (χ0n) is 28.8. The summed E-state index contributed by atoms with van der Waals surface area (Å²) in [6.07, 6.45) is -22.4. The summed E-state index contributed by atoms with van der Waals surface area (Å²) >= 11 is 0. The van der Waals surface area contributed by atoms with Crippen LogP contribution in [-0.4, -0.2) is 40.0 Å². The average Bonchev–Trinajstić information content (AvgIpc) is 3.59. The van der Waals surface area contributed by atoms with Gasteiger partial charge in [-0.15, -0.1) is 0 Å². The van der Waals surface area contributed by atoms with E-state index in [4.69, 9.17) is 0 Å². The Morgan fingerprint density at radius 3 is 1.37 bits per heavy atom. The van der Waals surface area contributed by atoms with E-state index in [1.807, 2.05) is 0 Å². The smallest absolute Gasteiger partial charge is 0.411 e. The Hall–Kier alpha value is -5.86. The van der Waals surface area contributed by atoms with Gasteiger partial charge in [0.2, 0.25) is 10.8 Å². The van der Waals surface area contributed by atoms with Gasteiger partial charge in [0, 0.05) is 17.4 Å². The molecule has 0 amide bonds. The minimum Gasteiger partial charge on any atom is -0.508 e. The minimum atomic E-state index is -6.13. The summed E-state index contributed by atoms with van der Waals surface area (Å²) in [5, 5.41) is 30.6. The molecule has 3 N–H and O–H groups in total. The maximum atomic E-state index is 15.1. The van der Waals surface area contributed by atoms with Crippen molar-refractivity contribution in [3.05, 3.63) is 173 Å². The number of hydrogen-bond donors (Lipinski definition) is 3. The van der Waals surface area contributed by atoms with Crippen LogP contribution in [-0.2, 0) is 10.8 Å². The fourth-order valence-electron chi connectivity index (χ4n) is 7.54. The molecule has 0 radical (unpaired) electrons. The van der Waals surface area contributed by atoms with E-state index in [9.17, 15) is 15.3 Å². The van der Waals surface area contributed by atoms with Crippen LogP contribution in [0.4, 0.5) is 52.7 Å². The van der Waals surface area contributed by atoms with Gasteiger partial charge in [-0.25, -0.2) is 0 Å². The molecule has 0 fully saturated rings. The molecular formula is C42H28F12O3. The first kappa shape index (κ1) is 40.8. The van der Waals surface area contributed by atoms with Crippen molar-refractivity contribution in [2.24, 2.45) is 5.92 Å². The summed E-state index contributed by atoms with van der Waals surface area (Å²) in [6.45, 7) is 0. The lowest BCUT2D eigenvalue weighted by Gasteiger charge is -2.39. The fraction of sp³-hybridized carbons (Fsp3) is 0.190. The summed E-state index contributed by atoms with van der Waals surface area (Å²) < 4.78 is 181. The molecule has 2 atom stereocenters. The number of rotatable bonds is 8. The number of halogens is 12. The fourth-order valence-corrected chi connectivity index (χ4v) is 7.54. The number of benzene rings is 5. The first-order valence-electron chi connectivity index (χ1n) is 16.8. The third-order valence-electron chi connectivity index (χ3n) is 10.2. The van der Waals surface area contributed by atoms with Gasteiger partial charge in [0.25, 0.3) is 0 Å². The lowest BCUT2D eigenvalue weighted by Crippen LogP contribution is -2.55. The molecule has 2 unspecified atom stereocenters. The zero-order valence-corrected chi connectivity index (χ0v) is 28.8. The summed E-state index contributed by atoms with van der Waals surface area (Å²) in [7, 11) is 0.